The molecule has 0 radical (unpaired) electrons. The Morgan fingerprint density at radius 2 is 1.60 bits per heavy atom. The molecule has 0 N–H and O–H groups in total. The third-order valence-corrected chi connectivity index (χ3v) is 7.76. The molecule has 1 saturated heterocycles. The highest BCUT2D eigenvalue weighted by Crippen LogP contribution is 2.65. The summed E-state index contributed by atoms with van der Waals surface area (Å²) in [6.45, 7) is 4.03. The lowest BCUT2D eigenvalue weighted by atomic mass is 9.63. The summed E-state index contributed by atoms with van der Waals surface area (Å²) in [6.07, 6.45) is 7.17. The molecular formula is C24H22ClN3O2. The Hall–Kier alpha value is -2.66. The zero-order valence-corrected chi connectivity index (χ0v) is 17.6. The number of allylic oxidation sites excluding steroid dienone is 2. The van der Waals surface area contributed by atoms with Gasteiger partial charge in [-0.25, -0.2) is 0 Å². The highest BCUT2D eigenvalue weighted by molar-refractivity contribution is 6.30. The molecule has 1 aromatic carbocycles. The van der Waals surface area contributed by atoms with Gasteiger partial charge < -0.3 is 4.57 Å². The Morgan fingerprint density at radius 1 is 1.00 bits per heavy atom. The van der Waals surface area contributed by atoms with E-state index in [0.717, 1.165) is 34.1 Å². The number of benzene rings is 1. The molecule has 152 valence electrons. The first kappa shape index (κ1) is 18.1. The van der Waals surface area contributed by atoms with Gasteiger partial charge in [-0.15, -0.1) is 0 Å². The van der Waals surface area contributed by atoms with E-state index in [4.69, 9.17) is 11.6 Å². The Labute approximate surface area is 180 Å². The molecule has 5 nitrogen and oxygen atoms in total. The minimum Gasteiger partial charge on any atom is -0.318 e. The molecule has 0 unspecified atom stereocenters. The van der Waals surface area contributed by atoms with Gasteiger partial charge in [0.05, 0.1) is 18.1 Å². The minimum absolute atomic E-state index is 0.127. The van der Waals surface area contributed by atoms with Crippen molar-refractivity contribution in [2.75, 3.05) is 0 Å². The zero-order valence-electron chi connectivity index (χ0n) is 16.8. The van der Waals surface area contributed by atoms with Crippen LogP contribution in [0.25, 0.3) is 5.69 Å². The van der Waals surface area contributed by atoms with Gasteiger partial charge in [0.1, 0.15) is 0 Å². The van der Waals surface area contributed by atoms with Crippen LogP contribution in [-0.4, -0.2) is 27.6 Å². The van der Waals surface area contributed by atoms with Crippen LogP contribution in [-0.2, 0) is 9.59 Å². The molecule has 1 aromatic heterocycles. The summed E-state index contributed by atoms with van der Waals surface area (Å²) in [7, 11) is 0. The van der Waals surface area contributed by atoms with Crippen molar-refractivity contribution in [3.8, 4) is 5.69 Å². The fourth-order valence-electron chi connectivity index (χ4n) is 6.08. The van der Waals surface area contributed by atoms with Crippen LogP contribution in [0.2, 0.25) is 5.02 Å². The van der Waals surface area contributed by atoms with Gasteiger partial charge in [0.15, 0.2) is 0 Å². The average Bonchev–Trinajstić information content (AvgIpc) is 3.46. The summed E-state index contributed by atoms with van der Waals surface area (Å²) in [5, 5.41) is 6.22. The number of hydrazone groups is 1. The van der Waals surface area contributed by atoms with Crippen LogP contribution in [0.15, 0.2) is 47.6 Å². The SMILES string of the molecule is Cc1cc(/C=N\N2C(=O)[C@@H]3[C@H]4C=C[C@@H]([C@@H]5C[C@H]45)[C@H]3C2=O)c(C)n1-c1ccc(Cl)cc1. The number of amides is 2. The zero-order chi connectivity index (χ0) is 20.7. The van der Waals surface area contributed by atoms with E-state index >= 15 is 0 Å². The second-order valence-corrected chi connectivity index (χ2v) is 9.46. The Kier molecular flexibility index (Phi) is 3.73. The van der Waals surface area contributed by atoms with Crippen LogP contribution < -0.4 is 0 Å². The van der Waals surface area contributed by atoms with E-state index in [1.807, 2.05) is 44.2 Å². The van der Waals surface area contributed by atoms with Gasteiger partial charge in [-0.2, -0.15) is 10.1 Å². The molecule has 2 bridgehead atoms. The predicted octanol–water partition coefficient (Wildman–Crippen LogP) is 4.13. The van der Waals surface area contributed by atoms with Crippen molar-refractivity contribution in [3.63, 3.8) is 0 Å². The third kappa shape index (κ3) is 2.38. The maximum Gasteiger partial charge on any atom is 0.254 e. The Morgan fingerprint density at radius 3 is 2.20 bits per heavy atom. The normalized spacial score (nSPS) is 33.5. The number of aryl methyl sites for hydroxylation is 1. The van der Waals surface area contributed by atoms with Crippen molar-refractivity contribution in [2.45, 2.75) is 20.3 Å². The smallest absolute Gasteiger partial charge is 0.254 e. The molecule has 6 heteroatoms. The molecule has 2 heterocycles. The molecule has 2 amide bonds. The number of halogens is 1. The van der Waals surface area contributed by atoms with E-state index in [-0.39, 0.29) is 35.5 Å². The van der Waals surface area contributed by atoms with Crippen molar-refractivity contribution in [1.29, 1.82) is 0 Å². The number of hydrogen-bond acceptors (Lipinski definition) is 3. The highest BCUT2D eigenvalue weighted by atomic mass is 35.5. The van der Waals surface area contributed by atoms with Crippen LogP contribution >= 0.6 is 11.6 Å². The van der Waals surface area contributed by atoms with Crippen molar-refractivity contribution < 1.29 is 9.59 Å². The summed E-state index contributed by atoms with van der Waals surface area (Å²) in [5.74, 6) is 0.952. The van der Waals surface area contributed by atoms with Crippen LogP contribution in [0.1, 0.15) is 23.4 Å². The fraction of sp³-hybridized carbons (Fsp3) is 0.375. The van der Waals surface area contributed by atoms with E-state index in [1.54, 1.807) is 6.21 Å². The third-order valence-electron chi connectivity index (χ3n) is 7.51. The highest BCUT2D eigenvalue weighted by Gasteiger charge is 2.67. The van der Waals surface area contributed by atoms with E-state index in [0.29, 0.717) is 16.9 Å². The molecule has 0 spiro atoms. The van der Waals surface area contributed by atoms with E-state index < -0.39 is 0 Å². The van der Waals surface area contributed by atoms with Crippen molar-refractivity contribution in [2.24, 2.45) is 40.6 Å². The Bertz CT molecular complexity index is 1110. The number of nitrogens with zero attached hydrogens (tertiary/aromatic N) is 3. The summed E-state index contributed by atoms with van der Waals surface area (Å²) in [4.78, 5) is 26.2. The maximum absolute atomic E-state index is 13.1. The van der Waals surface area contributed by atoms with Crippen LogP contribution in [0.3, 0.4) is 0 Å². The van der Waals surface area contributed by atoms with Gasteiger partial charge in [0.2, 0.25) is 0 Å². The maximum atomic E-state index is 13.1. The number of carbonyl (C=O) groups is 2. The average molecular weight is 420 g/mol. The molecule has 30 heavy (non-hydrogen) atoms. The van der Waals surface area contributed by atoms with E-state index in [2.05, 4.69) is 21.8 Å². The standard InChI is InChI=1S/C24H22ClN3O2/c1-12-9-14(13(2)27(12)16-5-3-15(25)4-6-16)11-26-28-23(29)21-17-7-8-18(20-10-19(17)20)22(21)24(28)30/h3-9,11,17-22H,10H2,1-2H3/b26-11-/t17-,18-,19-,20+,21+,22+/m0/s1. The van der Waals surface area contributed by atoms with Gasteiger partial charge in [-0.1, -0.05) is 23.8 Å². The molecule has 4 aliphatic carbocycles. The van der Waals surface area contributed by atoms with E-state index in [9.17, 15) is 9.59 Å². The molecule has 2 saturated carbocycles. The van der Waals surface area contributed by atoms with Gasteiger partial charge in [0.25, 0.3) is 11.8 Å². The quantitative estimate of drug-likeness (QED) is 0.426. The van der Waals surface area contributed by atoms with Gasteiger partial charge in [0, 0.05) is 27.7 Å². The Balaban J connectivity index is 1.30. The molecule has 1 aliphatic heterocycles. The summed E-state index contributed by atoms with van der Waals surface area (Å²) in [6, 6.07) is 9.68. The van der Waals surface area contributed by atoms with Crippen molar-refractivity contribution >= 4 is 29.6 Å². The number of aromatic nitrogens is 1. The first-order valence-corrected chi connectivity index (χ1v) is 10.9. The summed E-state index contributed by atoms with van der Waals surface area (Å²) < 4.78 is 2.11. The first-order valence-electron chi connectivity index (χ1n) is 10.5. The topological polar surface area (TPSA) is 54.7 Å². The van der Waals surface area contributed by atoms with E-state index in [1.165, 1.54) is 0 Å². The first-order chi connectivity index (χ1) is 14.5. The number of hydrogen-bond donors (Lipinski definition) is 0. The predicted molar refractivity (Wildman–Crippen MR) is 114 cm³/mol. The lowest BCUT2D eigenvalue weighted by Gasteiger charge is -2.37. The molecule has 5 aliphatic rings. The second-order valence-electron chi connectivity index (χ2n) is 9.03. The van der Waals surface area contributed by atoms with Crippen molar-refractivity contribution in [1.82, 2.24) is 9.58 Å². The van der Waals surface area contributed by atoms with Crippen LogP contribution in [0.4, 0.5) is 0 Å². The fourth-order valence-corrected chi connectivity index (χ4v) is 6.21. The van der Waals surface area contributed by atoms with Crippen LogP contribution in [0, 0.1) is 49.4 Å². The second kappa shape index (κ2) is 6.17. The monoisotopic (exact) mass is 419 g/mol. The molecule has 2 aromatic rings. The van der Waals surface area contributed by atoms with Gasteiger partial charge in [-0.3, -0.25) is 9.59 Å². The molecule has 7 rings (SSSR count). The molecular weight excluding hydrogens is 398 g/mol. The largest absolute Gasteiger partial charge is 0.318 e. The van der Waals surface area contributed by atoms with Gasteiger partial charge >= 0.3 is 0 Å². The molecule has 6 atom stereocenters. The summed E-state index contributed by atoms with van der Waals surface area (Å²) in [5.41, 5.74) is 3.95. The lowest BCUT2D eigenvalue weighted by Crippen LogP contribution is -2.40. The van der Waals surface area contributed by atoms with Crippen LogP contribution in [0.5, 0.6) is 0 Å². The minimum atomic E-state index is -0.213. The number of imide groups is 1. The lowest BCUT2D eigenvalue weighted by molar-refractivity contribution is -0.140. The number of rotatable bonds is 3. The number of carbonyl (C=O) groups excluding carboxylic acids is 2. The molecule has 3 fully saturated rings. The van der Waals surface area contributed by atoms with Gasteiger partial charge in [-0.05, 0) is 74.3 Å². The van der Waals surface area contributed by atoms with Crippen molar-refractivity contribution in [3.05, 3.63) is 64.5 Å². The summed E-state index contributed by atoms with van der Waals surface area (Å²) >= 11 is 6.02.